The van der Waals surface area contributed by atoms with Crippen molar-refractivity contribution >= 4 is 11.9 Å². The van der Waals surface area contributed by atoms with Crippen LogP contribution in [0.1, 0.15) is 30.4 Å². The summed E-state index contributed by atoms with van der Waals surface area (Å²) in [5, 5.41) is 35.8. The van der Waals surface area contributed by atoms with Gasteiger partial charge < -0.3 is 30.5 Å². The molecule has 1 aromatic carbocycles. The summed E-state index contributed by atoms with van der Waals surface area (Å²) >= 11 is 0. The third kappa shape index (κ3) is 7.87. The van der Waals surface area contributed by atoms with Gasteiger partial charge in [0.25, 0.3) is 0 Å². The van der Waals surface area contributed by atoms with Crippen LogP contribution in [0, 0.1) is 5.82 Å². The van der Waals surface area contributed by atoms with E-state index in [1.54, 1.807) is 0 Å². The van der Waals surface area contributed by atoms with Crippen molar-refractivity contribution in [2.45, 2.75) is 56.3 Å². The molecule has 5 N–H and O–H groups in total. The van der Waals surface area contributed by atoms with Crippen LogP contribution in [-0.2, 0) is 27.0 Å². The van der Waals surface area contributed by atoms with Gasteiger partial charge in [0.1, 0.15) is 5.82 Å². The van der Waals surface area contributed by atoms with E-state index in [1.807, 2.05) is 0 Å². The minimum atomic E-state index is -4.55. The van der Waals surface area contributed by atoms with Crippen molar-refractivity contribution < 1.29 is 52.3 Å². The highest BCUT2D eigenvalue weighted by Crippen LogP contribution is 2.34. The van der Waals surface area contributed by atoms with Gasteiger partial charge in [-0.1, -0.05) is 6.07 Å². The summed E-state index contributed by atoms with van der Waals surface area (Å²) in [5.74, 6) is -4.39. The van der Waals surface area contributed by atoms with Gasteiger partial charge in [-0.25, -0.2) is 14.0 Å². The number of carboxylic acid groups (broad SMARTS) is 2. The maximum absolute atomic E-state index is 13.3. The van der Waals surface area contributed by atoms with Crippen LogP contribution in [0.2, 0.25) is 0 Å². The Morgan fingerprint density at radius 3 is 2.12 bits per heavy atom. The summed E-state index contributed by atoms with van der Waals surface area (Å²) in [6.45, 7) is 3.11. The first-order chi connectivity index (χ1) is 15.9. The number of ether oxygens (including phenoxy) is 1. The molecule has 0 bridgehead atoms. The van der Waals surface area contributed by atoms with Crippen LogP contribution in [0.25, 0.3) is 0 Å². The average molecular weight is 496 g/mol. The zero-order chi connectivity index (χ0) is 25.5. The SMILES string of the molecule is Fc1ccc(CN(C2CCOCC2)[C@H]2CCNC2)c(C(F)(F)F)c1.O=C(O)C(O)C(O)C(=O)O. The lowest BCUT2D eigenvalue weighted by molar-refractivity contribution is -0.165. The molecule has 0 aliphatic carbocycles. The van der Waals surface area contributed by atoms with Gasteiger partial charge in [0.2, 0.25) is 0 Å². The molecule has 3 atom stereocenters. The van der Waals surface area contributed by atoms with Crippen molar-refractivity contribution in [2.75, 3.05) is 26.3 Å². The number of rotatable bonds is 7. The van der Waals surface area contributed by atoms with Crippen LogP contribution in [0.15, 0.2) is 18.2 Å². The molecule has 192 valence electrons. The molecule has 2 aliphatic heterocycles. The number of aliphatic hydroxyl groups is 2. The second kappa shape index (κ2) is 12.4. The number of nitrogens with zero attached hydrogens (tertiary/aromatic N) is 1. The predicted octanol–water partition coefficient (Wildman–Crippen LogP) is 1.06. The quantitative estimate of drug-likeness (QED) is 0.351. The molecule has 0 aromatic heterocycles. The number of carbonyl (C=O) groups is 2. The number of benzene rings is 1. The van der Waals surface area contributed by atoms with Crippen LogP contribution in [0.4, 0.5) is 17.6 Å². The van der Waals surface area contributed by atoms with Crippen LogP contribution in [-0.4, -0.2) is 87.9 Å². The molecule has 2 fully saturated rings. The molecule has 34 heavy (non-hydrogen) atoms. The molecule has 9 nitrogen and oxygen atoms in total. The molecular weight excluding hydrogens is 468 g/mol. The fraction of sp³-hybridized carbons (Fsp3) is 0.619. The normalized spacial score (nSPS) is 21.0. The van der Waals surface area contributed by atoms with E-state index < -0.39 is 41.7 Å². The van der Waals surface area contributed by atoms with Crippen molar-refractivity contribution in [3.8, 4) is 0 Å². The topological polar surface area (TPSA) is 140 Å². The summed E-state index contributed by atoms with van der Waals surface area (Å²) in [7, 11) is 0. The summed E-state index contributed by atoms with van der Waals surface area (Å²) in [6, 6.07) is 3.39. The molecule has 2 saturated heterocycles. The van der Waals surface area contributed by atoms with Crippen LogP contribution < -0.4 is 5.32 Å². The summed E-state index contributed by atoms with van der Waals surface area (Å²) < 4.78 is 58.6. The lowest BCUT2D eigenvalue weighted by Crippen LogP contribution is -2.46. The van der Waals surface area contributed by atoms with Gasteiger partial charge in [-0.2, -0.15) is 13.2 Å². The molecule has 0 amide bonds. The second-order valence-electron chi connectivity index (χ2n) is 8.03. The maximum Gasteiger partial charge on any atom is 0.416 e. The third-order valence-electron chi connectivity index (χ3n) is 5.70. The highest BCUT2D eigenvalue weighted by Gasteiger charge is 2.36. The Hall–Kier alpha value is -2.32. The Balaban J connectivity index is 0.000000347. The largest absolute Gasteiger partial charge is 0.479 e. The lowest BCUT2D eigenvalue weighted by Gasteiger charge is -2.38. The molecule has 0 spiro atoms. The molecule has 2 heterocycles. The van der Waals surface area contributed by atoms with Gasteiger partial charge in [0.15, 0.2) is 12.2 Å². The minimum absolute atomic E-state index is 0.141. The number of aliphatic hydroxyl groups excluding tert-OH is 2. The van der Waals surface area contributed by atoms with E-state index in [2.05, 4.69) is 10.2 Å². The van der Waals surface area contributed by atoms with E-state index in [1.165, 1.54) is 6.07 Å². The zero-order valence-electron chi connectivity index (χ0n) is 18.2. The molecule has 0 saturated carbocycles. The first-order valence-corrected chi connectivity index (χ1v) is 10.6. The van der Waals surface area contributed by atoms with Crippen LogP contribution in [0.5, 0.6) is 0 Å². The fourth-order valence-corrected chi connectivity index (χ4v) is 3.91. The number of hydrogen-bond acceptors (Lipinski definition) is 7. The molecule has 2 aliphatic rings. The molecule has 13 heteroatoms. The molecule has 3 rings (SSSR count). The maximum atomic E-state index is 13.3. The molecule has 1 aromatic rings. The number of nitrogens with one attached hydrogen (secondary N) is 1. The third-order valence-corrected chi connectivity index (χ3v) is 5.70. The monoisotopic (exact) mass is 496 g/mol. The number of hydrogen-bond donors (Lipinski definition) is 5. The van der Waals surface area contributed by atoms with Gasteiger partial charge in [-0.15, -0.1) is 0 Å². The van der Waals surface area contributed by atoms with E-state index >= 15 is 0 Å². The lowest BCUT2D eigenvalue weighted by atomic mass is 10.00. The van der Waals surface area contributed by atoms with Gasteiger partial charge in [0, 0.05) is 38.4 Å². The first-order valence-electron chi connectivity index (χ1n) is 10.6. The van der Waals surface area contributed by atoms with Crippen molar-refractivity contribution in [3.05, 3.63) is 35.1 Å². The van der Waals surface area contributed by atoms with E-state index in [0.29, 0.717) is 19.3 Å². The number of alkyl halides is 3. The summed E-state index contributed by atoms with van der Waals surface area (Å²) in [4.78, 5) is 21.7. The van der Waals surface area contributed by atoms with Gasteiger partial charge in [-0.3, -0.25) is 4.90 Å². The zero-order valence-corrected chi connectivity index (χ0v) is 18.2. The molecule has 0 radical (unpaired) electrons. The van der Waals surface area contributed by atoms with Gasteiger partial charge >= 0.3 is 18.1 Å². The summed E-state index contributed by atoms with van der Waals surface area (Å²) in [6.07, 6.45) is -6.53. The standard InChI is InChI=1S/C17H22F4N2O.C4H6O6/c18-13-2-1-12(16(9-13)17(19,20)21)11-23(15-3-6-22-10-15)14-4-7-24-8-5-14;5-1(3(7)8)2(6)4(9)10/h1-2,9,14-15,22H,3-8,10-11H2;1-2,5-6H,(H,7,8)(H,9,10)/t15-;/m0./s1. The number of aliphatic carboxylic acids is 2. The Morgan fingerprint density at radius 2 is 1.65 bits per heavy atom. The molecular formula is C21H28F4N2O7. The van der Waals surface area contributed by atoms with E-state index in [4.69, 9.17) is 25.2 Å². The van der Waals surface area contributed by atoms with Crippen molar-refractivity contribution in [1.29, 1.82) is 0 Å². The second-order valence-corrected chi connectivity index (χ2v) is 8.03. The Labute approximate surface area is 192 Å². The predicted molar refractivity (Wildman–Crippen MR) is 109 cm³/mol. The average Bonchev–Trinajstić information content (AvgIpc) is 3.32. The number of carboxylic acids is 2. The smallest absolute Gasteiger partial charge is 0.416 e. The van der Waals surface area contributed by atoms with E-state index in [0.717, 1.165) is 38.4 Å². The van der Waals surface area contributed by atoms with Crippen molar-refractivity contribution in [3.63, 3.8) is 0 Å². The Morgan fingerprint density at radius 1 is 1.06 bits per heavy atom. The van der Waals surface area contributed by atoms with Crippen LogP contribution >= 0.6 is 0 Å². The fourth-order valence-electron chi connectivity index (χ4n) is 3.91. The highest BCUT2D eigenvalue weighted by molar-refractivity contribution is 5.83. The van der Waals surface area contributed by atoms with Gasteiger partial charge in [0.05, 0.1) is 5.56 Å². The van der Waals surface area contributed by atoms with Crippen molar-refractivity contribution in [1.82, 2.24) is 10.2 Å². The minimum Gasteiger partial charge on any atom is -0.479 e. The Kier molecular flexibility index (Phi) is 10.2. The number of halogens is 4. The Bertz CT molecular complexity index is 810. The highest BCUT2D eigenvalue weighted by atomic mass is 19.4. The van der Waals surface area contributed by atoms with Crippen molar-refractivity contribution in [2.24, 2.45) is 0 Å². The summed E-state index contributed by atoms with van der Waals surface area (Å²) in [5.41, 5.74) is -0.729. The van der Waals surface area contributed by atoms with Crippen LogP contribution in [0.3, 0.4) is 0 Å². The molecule has 2 unspecified atom stereocenters. The van der Waals surface area contributed by atoms with E-state index in [9.17, 15) is 27.2 Å². The first kappa shape index (κ1) is 27.9. The van der Waals surface area contributed by atoms with E-state index in [-0.39, 0.29) is 24.2 Å². The van der Waals surface area contributed by atoms with Gasteiger partial charge in [-0.05, 0) is 43.5 Å².